The lowest BCUT2D eigenvalue weighted by atomic mass is 9.95. The summed E-state index contributed by atoms with van der Waals surface area (Å²) in [6.45, 7) is 4.79. The predicted octanol–water partition coefficient (Wildman–Crippen LogP) is 2.12. The van der Waals surface area contributed by atoms with Crippen LogP contribution in [0.15, 0.2) is 29.2 Å². The Labute approximate surface area is 167 Å². The molecule has 0 N–H and O–H groups in total. The van der Waals surface area contributed by atoms with Crippen molar-refractivity contribution < 1.29 is 22.7 Å². The average molecular weight is 411 g/mol. The number of ether oxygens (including phenoxy) is 2. The van der Waals surface area contributed by atoms with Gasteiger partial charge >= 0.3 is 0 Å². The van der Waals surface area contributed by atoms with Gasteiger partial charge in [-0.2, -0.15) is 4.31 Å². The Morgan fingerprint density at radius 3 is 2.39 bits per heavy atom. The second-order valence-electron chi connectivity index (χ2n) is 7.36. The largest absolute Gasteiger partial charge is 0.497 e. The molecule has 0 bridgehead atoms. The third kappa shape index (κ3) is 4.67. The zero-order valence-corrected chi connectivity index (χ0v) is 17.5. The van der Waals surface area contributed by atoms with E-state index in [9.17, 15) is 13.2 Å². The molecule has 0 radical (unpaired) electrons. The number of rotatable bonds is 6. The molecule has 2 fully saturated rings. The van der Waals surface area contributed by atoms with Crippen molar-refractivity contribution >= 4 is 15.9 Å². The maximum Gasteiger partial charge on any atom is 0.243 e. The second-order valence-corrected chi connectivity index (χ2v) is 9.30. The van der Waals surface area contributed by atoms with E-state index in [1.54, 1.807) is 31.4 Å². The lowest BCUT2D eigenvalue weighted by Crippen LogP contribution is -2.48. The molecular weight excluding hydrogens is 380 g/mol. The topological polar surface area (TPSA) is 76.2 Å². The Balaban J connectivity index is 1.58. The number of likely N-dealkylation sites (tertiary alicyclic amines) is 1. The number of benzene rings is 1. The number of carbonyl (C=O) groups is 1. The van der Waals surface area contributed by atoms with Gasteiger partial charge in [0.15, 0.2) is 0 Å². The first-order chi connectivity index (χ1) is 13.5. The van der Waals surface area contributed by atoms with Gasteiger partial charge in [-0.05, 0) is 56.9 Å². The van der Waals surface area contributed by atoms with Crippen LogP contribution in [0.5, 0.6) is 5.75 Å². The quantitative estimate of drug-likeness (QED) is 0.718. The van der Waals surface area contributed by atoms with E-state index < -0.39 is 10.0 Å². The highest BCUT2D eigenvalue weighted by atomic mass is 32.2. The summed E-state index contributed by atoms with van der Waals surface area (Å²) >= 11 is 0. The standard InChI is InChI=1S/C20H30N2O5S/c1-3-27-18-5-4-12-21(15-18)20(23)16-10-13-22(14-11-16)28(24,25)19-8-6-17(26-2)7-9-19/h6-9,16,18H,3-5,10-15H2,1-2H3. The van der Waals surface area contributed by atoms with Gasteiger partial charge in [0.1, 0.15) is 5.75 Å². The van der Waals surface area contributed by atoms with Crippen LogP contribution in [0.4, 0.5) is 0 Å². The molecule has 1 aromatic rings. The van der Waals surface area contributed by atoms with Gasteiger partial charge in [0.2, 0.25) is 15.9 Å². The summed E-state index contributed by atoms with van der Waals surface area (Å²) < 4.78 is 38.0. The number of nitrogens with zero attached hydrogens (tertiary/aromatic N) is 2. The third-order valence-corrected chi connectivity index (χ3v) is 7.51. The number of hydrogen-bond donors (Lipinski definition) is 0. The van der Waals surface area contributed by atoms with E-state index in [2.05, 4.69) is 0 Å². The van der Waals surface area contributed by atoms with E-state index in [0.29, 0.717) is 44.8 Å². The SMILES string of the molecule is CCOC1CCCN(C(=O)C2CCN(S(=O)(=O)c3ccc(OC)cc3)CC2)C1. The van der Waals surface area contributed by atoms with Crippen LogP contribution in [0.25, 0.3) is 0 Å². The van der Waals surface area contributed by atoms with Crippen molar-refractivity contribution in [1.29, 1.82) is 0 Å². The predicted molar refractivity (Wildman–Crippen MR) is 106 cm³/mol. The van der Waals surface area contributed by atoms with Gasteiger partial charge in [-0.3, -0.25) is 4.79 Å². The van der Waals surface area contributed by atoms with Gasteiger partial charge in [-0.25, -0.2) is 8.42 Å². The Kier molecular flexibility index (Phi) is 6.95. The van der Waals surface area contributed by atoms with E-state index in [4.69, 9.17) is 9.47 Å². The highest BCUT2D eigenvalue weighted by Gasteiger charge is 2.35. The van der Waals surface area contributed by atoms with Crippen molar-refractivity contribution in [2.45, 2.75) is 43.6 Å². The summed E-state index contributed by atoms with van der Waals surface area (Å²) in [7, 11) is -2.00. The van der Waals surface area contributed by atoms with Crippen LogP contribution in [0.1, 0.15) is 32.6 Å². The number of carbonyl (C=O) groups excluding carboxylic acids is 1. The molecule has 1 unspecified atom stereocenters. The number of amides is 1. The van der Waals surface area contributed by atoms with Crippen LogP contribution < -0.4 is 4.74 Å². The van der Waals surface area contributed by atoms with Gasteiger partial charge in [-0.1, -0.05) is 0 Å². The van der Waals surface area contributed by atoms with Crippen LogP contribution in [-0.4, -0.2) is 69.5 Å². The van der Waals surface area contributed by atoms with Crippen molar-refractivity contribution in [3.63, 3.8) is 0 Å². The van der Waals surface area contributed by atoms with E-state index in [1.165, 1.54) is 4.31 Å². The fourth-order valence-electron chi connectivity index (χ4n) is 4.01. The van der Waals surface area contributed by atoms with Crippen LogP contribution in [0, 0.1) is 5.92 Å². The molecule has 0 aliphatic carbocycles. The van der Waals surface area contributed by atoms with E-state index >= 15 is 0 Å². The summed E-state index contributed by atoms with van der Waals surface area (Å²) in [5.41, 5.74) is 0. The zero-order valence-electron chi connectivity index (χ0n) is 16.7. The van der Waals surface area contributed by atoms with E-state index in [0.717, 1.165) is 19.4 Å². The van der Waals surface area contributed by atoms with Gasteiger partial charge in [0.05, 0.1) is 18.1 Å². The summed E-state index contributed by atoms with van der Waals surface area (Å²) in [5.74, 6) is 0.656. The Morgan fingerprint density at radius 1 is 1.11 bits per heavy atom. The van der Waals surface area contributed by atoms with E-state index in [-0.39, 0.29) is 22.8 Å². The summed E-state index contributed by atoms with van der Waals surface area (Å²) in [4.78, 5) is 15.1. The van der Waals surface area contributed by atoms with Crippen molar-refractivity contribution in [3.8, 4) is 5.75 Å². The van der Waals surface area contributed by atoms with Gasteiger partial charge in [0.25, 0.3) is 0 Å². The molecule has 2 aliphatic rings. The first kappa shape index (κ1) is 21.1. The van der Waals surface area contributed by atoms with Gasteiger partial charge in [-0.15, -0.1) is 0 Å². The second kappa shape index (κ2) is 9.24. The summed E-state index contributed by atoms with van der Waals surface area (Å²) in [6, 6.07) is 6.42. The number of hydrogen-bond acceptors (Lipinski definition) is 5. The minimum absolute atomic E-state index is 0.109. The molecule has 2 saturated heterocycles. The maximum absolute atomic E-state index is 12.9. The maximum atomic E-state index is 12.9. The molecule has 1 aromatic carbocycles. The summed E-state index contributed by atoms with van der Waals surface area (Å²) in [6.07, 6.45) is 3.20. The Bertz CT molecular complexity index is 755. The molecule has 2 heterocycles. The highest BCUT2D eigenvalue weighted by molar-refractivity contribution is 7.89. The van der Waals surface area contributed by atoms with Crippen LogP contribution in [0.2, 0.25) is 0 Å². The van der Waals surface area contributed by atoms with Crippen molar-refractivity contribution in [3.05, 3.63) is 24.3 Å². The normalized spacial score (nSPS) is 22.2. The molecule has 1 amide bonds. The number of sulfonamides is 1. The van der Waals surface area contributed by atoms with Gasteiger partial charge in [0, 0.05) is 38.7 Å². The van der Waals surface area contributed by atoms with Crippen LogP contribution >= 0.6 is 0 Å². The molecule has 0 spiro atoms. The number of methoxy groups -OCH3 is 1. The van der Waals surface area contributed by atoms with Crippen molar-refractivity contribution in [2.75, 3.05) is 39.9 Å². The molecular formula is C20H30N2O5S. The molecule has 1 atom stereocenters. The minimum atomic E-state index is -3.54. The van der Waals surface area contributed by atoms with Crippen molar-refractivity contribution in [1.82, 2.24) is 9.21 Å². The molecule has 156 valence electrons. The molecule has 3 rings (SSSR count). The molecule has 2 aliphatic heterocycles. The fourth-order valence-corrected chi connectivity index (χ4v) is 5.48. The van der Waals surface area contributed by atoms with Crippen LogP contribution in [-0.2, 0) is 19.6 Å². The lowest BCUT2D eigenvalue weighted by molar-refractivity contribution is -0.140. The summed E-state index contributed by atoms with van der Waals surface area (Å²) in [5, 5.41) is 0. The Morgan fingerprint density at radius 2 is 1.79 bits per heavy atom. The minimum Gasteiger partial charge on any atom is -0.497 e. The molecule has 28 heavy (non-hydrogen) atoms. The third-order valence-electron chi connectivity index (χ3n) is 5.59. The molecule has 7 nitrogen and oxygen atoms in total. The lowest BCUT2D eigenvalue weighted by Gasteiger charge is -2.37. The molecule has 0 aromatic heterocycles. The molecule has 0 saturated carbocycles. The zero-order chi connectivity index (χ0) is 20.1. The first-order valence-corrected chi connectivity index (χ1v) is 11.4. The smallest absolute Gasteiger partial charge is 0.243 e. The highest BCUT2D eigenvalue weighted by Crippen LogP contribution is 2.27. The first-order valence-electron chi connectivity index (χ1n) is 10.00. The Hall–Kier alpha value is -1.64. The molecule has 8 heteroatoms. The monoisotopic (exact) mass is 410 g/mol. The fraction of sp³-hybridized carbons (Fsp3) is 0.650. The van der Waals surface area contributed by atoms with E-state index in [1.807, 2.05) is 11.8 Å². The van der Waals surface area contributed by atoms with Crippen molar-refractivity contribution in [2.24, 2.45) is 5.92 Å². The number of piperidine rings is 2. The van der Waals surface area contributed by atoms with Gasteiger partial charge < -0.3 is 14.4 Å². The van der Waals surface area contributed by atoms with Crippen LogP contribution in [0.3, 0.4) is 0 Å². The average Bonchev–Trinajstić information content (AvgIpc) is 2.74.